The Labute approximate surface area is 125 Å². The van der Waals surface area contributed by atoms with Crippen LogP contribution < -0.4 is 5.32 Å². The Balaban J connectivity index is 1.87. The normalized spacial score (nSPS) is 24.8. The van der Waals surface area contributed by atoms with E-state index in [1.54, 1.807) is 0 Å². The topological polar surface area (TPSA) is 12.0 Å². The maximum atomic E-state index is 3.74. The SMILES string of the molecule is CC(CC1NCCC1Cc1ccccc1)CC(C)(C)C. The van der Waals surface area contributed by atoms with Crippen molar-refractivity contribution in [1.82, 2.24) is 5.32 Å². The molecule has 1 saturated heterocycles. The molecule has 1 N–H and O–H groups in total. The van der Waals surface area contributed by atoms with Crippen molar-refractivity contribution in [3.63, 3.8) is 0 Å². The van der Waals surface area contributed by atoms with E-state index in [0.29, 0.717) is 11.5 Å². The van der Waals surface area contributed by atoms with Crippen molar-refractivity contribution in [3.05, 3.63) is 35.9 Å². The highest BCUT2D eigenvalue weighted by Gasteiger charge is 2.29. The number of hydrogen-bond acceptors (Lipinski definition) is 1. The second kappa shape index (κ2) is 6.76. The van der Waals surface area contributed by atoms with Gasteiger partial charge in [0.1, 0.15) is 0 Å². The molecule has 0 saturated carbocycles. The van der Waals surface area contributed by atoms with E-state index in [9.17, 15) is 0 Å². The Kier molecular flexibility index (Phi) is 5.26. The van der Waals surface area contributed by atoms with Gasteiger partial charge >= 0.3 is 0 Å². The first-order valence-electron chi connectivity index (χ1n) is 8.21. The van der Waals surface area contributed by atoms with Crippen LogP contribution in [0.25, 0.3) is 0 Å². The lowest BCUT2D eigenvalue weighted by Crippen LogP contribution is -2.31. The molecule has 0 aromatic heterocycles. The van der Waals surface area contributed by atoms with E-state index >= 15 is 0 Å². The second-order valence-corrected chi connectivity index (χ2v) is 7.90. The molecule has 3 unspecified atom stereocenters. The lowest BCUT2D eigenvalue weighted by molar-refractivity contribution is 0.265. The van der Waals surface area contributed by atoms with Gasteiger partial charge in [0, 0.05) is 6.04 Å². The van der Waals surface area contributed by atoms with E-state index in [4.69, 9.17) is 0 Å². The minimum atomic E-state index is 0.451. The monoisotopic (exact) mass is 273 g/mol. The first-order valence-corrected chi connectivity index (χ1v) is 8.21. The van der Waals surface area contributed by atoms with Crippen molar-refractivity contribution in [3.8, 4) is 0 Å². The van der Waals surface area contributed by atoms with E-state index in [2.05, 4.69) is 63.3 Å². The summed E-state index contributed by atoms with van der Waals surface area (Å²) in [5.74, 6) is 1.63. The fourth-order valence-corrected chi connectivity index (χ4v) is 3.82. The van der Waals surface area contributed by atoms with Crippen LogP contribution in [0.15, 0.2) is 30.3 Å². The van der Waals surface area contributed by atoms with Crippen LogP contribution in [0.4, 0.5) is 0 Å². The Morgan fingerprint density at radius 2 is 1.90 bits per heavy atom. The zero-order chi connectivity index (χ0) is 14.6. The maximum absolute atomic E-state index is 3.74. The molecule has 1 aliphatic rings. The smallest absolute Gasteiger partial charge is 0.0101 e. The first-order chi connectivity index (χ1) is 9.44. The molecule has 0 aliphatic carbocycles. The summed E-state index contributed by atoms with van der Waals surface area (Å²) in [7, 11) is 0. The van der Waals surface area contributed by atoms with E-state index in [1.165, 1.54) is 37.8 Å². The van der Waals surface area contributed by atoms with Gasteiger partial charge in [0.25, 0.3) is 0 Å². The Morgan fingerprint density at radius 3 is 2.55 bits per heavy atom. The maximum Gasteiger partial charge on any atom is 0.0101 e. The lowest BCUT2D eigenvalue weighted by Gasteiger charge is -2.27. The van der Waals surface area contributed by atoms with E-state index in [1.807, 2.05) is 0 Å². The van der Waals surface area contributed by atoms with Crippen LogP contribution in [0, 0.1) is 17.3 Å². The van der Waals surface area contributed by atoms with Crippen LogP contribution in [0.5, 0.6) is 0 Å². The summed E-state index contributed by atoms with van der Waals surface area (Å²) in [6, 6.07) is 11.7. The predicted octanol–water partition coefficient (Wildman–Crippen LogP) is 4.67. The molecule has 0 spiro atoms. The minimum absolute atomic E-state index is 0.451. The van der Waals surface area contributed by atoms with Gasteiger partial charge < -0.3 is 5.32 Å². The van der Waals surface area contributed by atoms with Crippen molar-refractivity contribution >= 4 is 0 Å². The number of benzene rings is 1. The van der Waals surface area contributed by atoms with Gasteiger partial charge in [-0.25, -0.2) is 0 Å². The molecule has 2 rings (SSSR count). The molecule has 0 bridgehead atoms. The second-order valence-electron chi connectivity index (χ2n) is 7.90. The summed E-state index contributed by atoms with van der Waals surface area (Å²) in [6.45, 7) is 10.7. The molecule has 3 atom stereocenters. The summed E-state index contributed by atoms with van der Waals surface area (Å²) in [5.41, 5.74) is 1.95. The van der Waals surface area contributed by atoms with Crippen LogP contribution in [0.2, 0.25) is 0 Å². The van der Waals surface area contributed by atoms with Crippen LogP contribution in [-0.2, 0) is 6.42 Å². The van der Waals surface area contributed by atoms with Gasteiger partial charge in [-0.2, -0.15) is 0 Å². The number of nitrogens with one attached hydrogen (secondary N) is 1. The molecular weight excluding hydrogens is 242 g/mol. The Bertz CT molecular complexity index is 390. The molecule has 1 heterocycles. The van der Waals surface area contributed by atoms with Gasteiger partial charge in [0.2, 0.25) is 0 Å². The third kappa shape index (κ3) is 4.94. The largest absolute Gasteiger partial charge is 0.314 e. The Morgan fingerprint density at radius 1 is 1.20 bits per heavy atom. The number of rotatable bonds is 5. The zero-order valence-electron chi connectivity index (χ0n) is 13.7. The summed E-state index contributed by atoms with van der Waals surface area (Å²) >= 11 is 0. The number of hydrogen-bond donors (Lipinski definition) is 1. The molecule has 112 valence electrons. The summed E-state index contributed by atoms with van der Waals surface area (Å²) in [5, 5.41) is 3.74. The Hall–Kier alpha value is -0.820. The fraction of sp³-hybridized carbons (Fsp3) is 0.684. The molecule has 1 heteroatoms. The average Bonchev–Trinajstić information content (AvgIpc) is 2.75. The zero-order valence-corrected chi connectivity index (χ0v) is 13.7. The molecule has 1 aromatic carbocycles. The molecule has 0 amide bonds. The molecular formula is C19H31N. The quantitative estimate of drug-likeness (QED) is 0.822. The van der Waals surface area contributed by atoms with Crippen molar-refractivity contribution < 1.29 is 0 Å². The average molecular weight is 273 g/mol. The van der Waals surface area contributed by atoms with E-state index in [0.717, 1.165) is 11.8 Å². The molecule has 1 nitrogen and oxygen atoms in total. The predicted molar refractivity (Wildman–Crippen MR) is 87.9 cm³/mol. The van der Waals surface area contributed by atoms with Crippen molar-refractivity contribution in [2.24, 2.45) is 17.3 Å². The molecule has 1 fully saturated rings. The van der Waals surface area contributed by atoms with Gasteiger partial charge in [0.05, 0.1) is 0 Å². The third-order valence-corrected chi connectivity index (χ3v) is 4.45. The highest BCUT2D eigenvalue weighted by atomic mass is 14.9. The van der Waals surface area contributed by atoms with Gasteiger partial charge in [-0.05, 0) is 55.0 Å². The van der Waals surface area contributed by atoms with E-state index in [-0.39, 0.29) is 0 Å². The molecule has 0 radical (unpaired) electrons. The van der Waals surface area contributed by atoms with Gasteiger partial charge in [-0.15, -0.1) is 0 Å². The summed E-state index contributed by atoms with van der Waals surface area (Å²) in [4.78, 5) is 0. The lowest BCUT2D eigenvalue weighted by atomic mass is 9.80. The van der Waals surface area contributed by atoms with E-state index < -0.39 is 0 Å². The van der Waals surface area contributed by atoms with Gasteiger partial charge in [-0.3, -0.25) is 0 Å². The highest BCUT2D eigenvalue weighted by molar-refractivity contribution is 5.16. The fourth-order valence-electron chi connectivity index (χ4n) is 3.82. The minimum Gasteiger partial charge on any atom is -0.314 e. The van der Waals surface area contributed by atoms with Crippen LogP contribution >= 0.6 is 0 Å². The van der Waals surface area contributed by atoms with Crippen LogP contribution in [0.3, 0.4) is 0 Å². The molecule has 20 heavy (non-hydrogen) atoms. The standard InChI is InChI=1S/C19H31N/c1-15(14-19(2,3)4)12-18-17(10-11-20-18)13-16-8-6-5-7-9-16/h5-9,15,17-18,20H,10-14H2,1-4H3. The van der Waals surface area contributed by atoms with Gasteiger partial charge in [0.15, 0.2) is 0 Å². The molecule has 1 aromatic rings. The van der Waals surface area contributed by atoms with Crippen molar-refractivity contribution in [1.29, 1.82) is 0 Å². The highest BCUT2D eigenvalue weighted by Crippen LogP contribution is 2.31. The van der Waals surface area contributed by atoms with Crippen LogP contribution in [-0.4, -0.2) is 12.6 Å². The van der Waals surface area contributed by atoms with Gasteiger partial charge in [-0.1, -0.05) is 58.0 Å². The van der Waals surface area contributed by atoms with Crippen molar-refractivity contribution in [2.75, 3.05) is 6.54 Å². The third-order valence-electron chi connectivity index (χ3n) is 4.45. The van der Waals surface area contributed by atoms with Crippen LogP contribution in [0.1, 0.15) is 52.5 Å². The first kappa shape index (κ1) is 15.6. The summed E-state index contributed by atoms with van der Waals surface area (Å²) in [6.07, 6.45) is 5.22. The molecule has 1 aliphatic heterocycles. The van der Waals surface area contributed by atoms with Crippen molar-refractivity contribution in [2.45, 2.75) is 59.4 Å². The summed E-state index contributed by atoms with van der Waals surface area (Å²) < 4.78 is 0.